The van der Waals surface area contributed by atoms with Gasteiger partial charge in [-0.3, -0.25) is 24.5 Å². The van der Waals surface area contributed by atoms with Crippen LogP contribution in [0.1, 0.15) is 28.4 Å². The third-order valence-corrected chi connectivity index (χ3v) is 4.51. The van der Waals surface area contributed by atoms with Crippen molar-refractivity contribution >= 4 is 11.8 Å². The molecule has 2 heterocycles. The summed E-state index contributed by atoms with van der Waals surface area (Å²) < 4.78 is 1.74. The van der Waals surface area contributed by atoms with Gasteiger partial charge in [0.25, 0.3) is 11.8 Å². The number of benzene rings is 1. The van der Waals surface area contributed by atoms with Crippen LogP contribution in [0.5, 0.6) is 0 Å². The molecule has 0 aliphatic rings. The van der Waals surface area contributed by atoms with E-state index in [1.54, 1.807) is 41.3 Å². The lowest BCUT2D eigenvalue weighted by atomic mass is 10.1. The topological polar surface area (TPSA) is 129 Å². The quantitative estimate of drug-likeness (QED) is 0.276. The van der Waals surface area contributed by atoms with E-state index >= 15 is 0 Å². The molecule has 0 aliphatic heterocycles. The molecule has 3 aromatic rings. The van der Waals surface area contributed by atoms with Gasteiger partial charge in [-0.1, -0.05) is 11.8 Å². The van der Waals surface area contributed by atoms with Crippen LogP contribution in [0.4, 0.5) is 0 Å². The first-order valence-corrected chi connectivity index (χ1v) is 9.38. The number of hydroxylamine groups is 1. The summed E-state index contributed by atoms with van der Waals surface area (Å²) >= 11 is 0. The van der Waals surface area contributed by atoms with Crippen molar-refractivity contribution in [2.75, 3.05) is 0 Å². The lowest BCUT2D eigenvalue weighted by Gasteiger charge is -2.19. The minimum Gasteiger partial charge on any atom is -0.391 e. The molecular formula is C22H21N5O4. The van der Waals surface area contributed by atoms with E-state index in [1.807, 2.05) is 25.2 Å². The standard InChI is InChI=1S/C22H21N5O4/c1-14(28)20(22(30)26-31)25-21(29)17-8-5-15(6-9-17)3-4-16-7-10-18(23-13-16)19-11-12-24-27(19)2/h5-14,20,28,31H,1-2H3,(H,25,29)(H,26,30). The zero-order chi connectivity index (χ0) is 22.4. The molecule has 2 amide bonds. The minimum atomic E-state index is -1.28. The number of hydrogen-bond donors (Lipinski definition) is 4. The molecule has 0 bridgehead atoms. The number of aryl methyl sites for hydroxylation is 1. The summed E-state index contributed by atoms with van der Waals surface area (Å²) in [6.07, 6.45) is 2.21. The number of aliphatic hydroxyl groups is 1. The van der Waals surface area contributed by atoms with Gasteiger partial charge in [0.15, 0.2) is 0 Å². The molecule has 2 unspecified atom stereocenters. The predicted molar refractivity (Wildman–Crippen MR) is 112 cm³/mol. The van der Waals surface area contributed by atoms with Crippen molar-refractivity contribution in [3.05, 3.63) is 71.5 Å². The van der Waals surface area contributed by atoms with Crippen LogP contribution in [0.15, 0.2) is 54.9 Å². The maximum Gasteiger partial charge on any atom is 0.268 e. The van der Waals surface area contributed by atoms with Crippen molar-refractivity contribution < 1.29 is 19.9 Å². The Morgan fingerprint density at radius 1 is 1.06 bits per heavy atom. The lowest BCUT2D eigenvalue weighted by Crippen LogP contribution is -2.51. The highest BCUT2D eigenvalue weighted by molar-refractivity contribution is 5.97. The highest BCUT2D eigenvalue weighted by Gasteiger charge is 2.25. The van der Waals surface area contributed by atoms with E-state index in [0.29, 0.717) is 5.56 Å². The molecule has 31 heavy (non-hydrogen) atoms. The van der Waals surface area contributed by atoms with E-state index in [9.17, 15) is 14.7 Å². The summed E-state index contributed by atoms with van der Waals surface area (Å²) in [6.45, 7) is 1.33. The van der Waals surface area contributed by atoms with E-state index in [-0.39, 0.29) is 5.56 Å². The third kappa shape index (κ3) is 5.33. The maximum absolute atomic E-state index is 12.3. The summed E-state index contributed by atoms with van der Waals surface area (Å²) in [5.74, 6) is 4.55. The van der Waals surface area contributed by atoms with Crippen molar-refractivity contribution in [2.45, 2.75) is 19.1 Å². The van der Waals surface area contributed by atoms with E-state index in [1.165, 1.54) is 12.4 Å². The first-order chi connectivity index (χ1) is 14.9. The molecule has 2 aromatic heterocycles. The van der Waals surface area contributed by atoms with Crippen LogP contribution in [-0.2, 0) is 11.8 Å². The van der Waals surface area contributed by atoms with Crippen LogP contribution in [0, 0.1) is 11.8 Å². The SMILES string of the molecule is CC(O)C(NC(=O)c1ccc(C#Cc2ccc(-c3ccnn3C)nc2)cc1)C(=O)NO. The van der Waals surface area contributed by atoms with E-state index in [0.717, 1.165) is 17.0 Å². The van der Waals surface area contributed by atoms with E-state index < -0.39 is 24.0 Å². The molecule has 9 nitrogen and oxygen atoms in total. The zero-order valence-corrected chi connectivity index (χ0v) is 16.9. The average molecular weight is 419 g/mol. The van der Waals surface area contributed by atoms with Crippen molar-refractivity contribution in [1.82, 2.24) is 25.6 Å². The van der Waals surface area contributed by atoms with Crippen LogP contribution in [0.25, 0.3) is 11.4 Å². The van der Waals surface area contributed by atoms with Gasteiger partial charge in [-0.2, -0.15) is 5.10 Å². The number of amides is 2. The number of carbonyl (C=O) groups is 2. The van der Waals surface area contributed by atoms with E-state index in [4.69, 9.17) is 5.21 Å². The van der Waals surface area contributed by atoms with Gasteiger partial charge in [0, 0.05) is 36.1 Å². The van der Waals surface area contributed by atoms with Gasteiger partial charge in [-0.15, -0.1) is 0 Å². The fourth-order valence-electron chi connectivity index (χ4n) is 2.79. The van der Waals surface area contributed by atoms with Crippen LogP contribution in [0.3, 0.4) is 0 Å². The van der Waals surface area contributed by atoms with Gasteiger partial charge in [0.1, 0.15) is 6.04 Å². The number of hydrogen-bond acceptors (Lipinski definition) is 6. The van der Waals surface area contributed by atoms with Crippen molar-refractivity contribution in [1.29, 1.82) is 0 Å². The van der Waals surface area contributed by atoms with Crippen molar-refractivity contribution in [3.8, 4) is 23.2 Å². The second-order valence-corrected chi connectivity index (χ2v) is 6.77. The molecule has 0 saturated carbocycles. The molecular weight excluding hydrogens is 398 g/mol. The summed E-state index contributed by atoms with van der Waals surface area (Å²) in [7, 11) is 1.85. The zero-order valence-electron chi connectivity index (χ0n) is 16.9. The largest absolute Gasteiger partial charge is 0.391 e. The Labute approximate surface area is 178 Å². The Kier molecular flexibility index (Phi) is 6.77. The molecule has 0 aliphatic carbocycles. The van der Waals surface area contributed by atoms with Gasteiger partial charge in [0.2, 0.25) is 0 Å². The predicted octanol–water partition coefficient (Wildman–Crippen LogP) is 0.867. The Morgan fingerprint density at radius 2 is 1.74 bits per heavy atom. The fourth-order valence-corrected chi connectivity index (χ4v) is 2.79. The molecule has 0 radical (unpaired) electrons. The fraction of sp³-hybridized carbons (Fsp3) is 0.182. The van der Waals surface area contributed by atoms with Gasteiger partial charge >= 0.3 is 0 Å². The molecule has 4 N–H and O–H groups in total. The summed E-state index contributed by atoms with van der Waals surface area (Å²) in [6, 6.07) is 10.8. The maximum atomic E-state index is 12.3. The third-order valence-electron chi connectivity index (χ3n) is 4.51. The summed E-state index contributed by atoms with van der Waals surface area (Å²) in [4.78, 5) is 28.2. The number of carbonyl (C=O) groups excluding carboxylic acids is 2. The smallest absolute Gasteiger partial charge is 0.268 e. The van der Waals surface area contributed by atoms with Gasteiger partial charge in [-0.25, -0.2) is 5.48 Å². The summed E-state index contributed by atoms with van der Waals surface area (Å²) in [5.41, 5.74) is 4.83. The highest BCUT2D eigenvalue weighted by atomic mass is 16.5. The monoisotopic (exact) mass is 419 g/mol. The van der Waals surface area contributed by atoms with Gasteiger partial charge in [0.05, 0.1) is 17.5 Å². The Bertz CT molecular complexity index is 1130. The molecule has 1 aromatic carbocycles. The molecule has 0 spiro atoms. The number of pyridine rings is 1. The van der Waals surface area contributed by atoms with Crippen LogP contribution in [0.2, 0.25) is 0 Å². The molecule has 2 atom stereocenters. The van der Waals surface area contributed by atoms with Crippen molar-refractivity contribution in [3.63, 3.8) is 0 Å². The van der Waals surface area contributed by atoms with Crippen LogP contribution in [-0.4, -0.2) is 49.0 Å². The summed E-state index contributed by atoms with van der Waals surface area (Å²) in [5, 5.41) is 24.8. The lowest BCUT2D eigenvalue weighted by molar-refractivity contribution is -0.133. The van der Waals surface area contributed by atoms with Crippen LogP contribution >= 0.6 is 0 Å². The Morgan fingerprint density at radius 3 is 2.29 bits per heavy atom. The number of nitrogens with zero attached hydrogens (tertiary/aromatic N) is 3. The normalized spacial score (nSPS) is 12.3. The number of aromatic nitrogens is 3. The number of rotatable bonds is 5. The first kappa shape index (κ1) is 21.7. The number of nitrogens with one attached hydrogen (secondary N) is 2. The van der Waals surface area contributed by atoms with Gasteiger partial charge < -0.3 is 10.4 Å². The first-order valence-electron chi connectivity index (χ1n) is 9.38. The van der Waals surface area contributed by atoms with Gasteiger partial charge in [-0.05, 0) is 49.4 Å². The molecule has 9 heteroatoms. The van der Waals surface area contributed by atoms with E-state index in [2.05, 4.69) is 27.2 Å². The number of aliphatic hydroxyl groups excluding tert-OH is 1. The second-order valence-electron chi connectivity index (χ2n) is 6.77. The Balaban J connectivity index is 1.67. The average Bonchev–Trinajstić information content (AvgIpc) is 3.21. The van der Waals surface area contributed by atoms with Crippen molar-refractivity contribution in [2.24, 2.45) is 7.05 Å². The molecule has 158 valence electrons. The molecule has 0 fully saturated rings. The Hall–Kier alpha value is -4.00. The highest BCUT2D eigenvalue weighted by Crippen LogP contribution is 2.15. The molecule has 3 rings (SSSR count). The minimum absolute atomic E-state index is 0.282. The second kappa shape index (κ2) is 9.67. The van der Waals surface area contributed by atoms with Crippen LogP contribution < -0.4 is 10.8 Å². The molecule has 0 saturated heterocycles.